The second-order valence-corrected chi connectivity index (χ2v) is 4.22. The lowest BCUT2D eigenvalue weighted by Crippen LogP contribution is -2.58. The zero-order chi connectivity index (χ0) is 12.0. The van der Waals surface area contributed by atoms with Gasteiger partial charge in [-0.1, -0.05) is 13.8 Å². The molecule has 2 N–H and O–H groups in total. The molecule has 1 atom stereocenters. The summed E-state index contributed by atoms with van der Waals surface area (Å²) in [4.78, 5) is 6.80. The van der Waals surface area contributed by atoms with Crippen LogP contribution in [0.5, 0.6) is 0 Å². The highest BCUT2D eigenvalue weighted by atomic mass is 15.4. The zero-order valence-corrected chi connectivity index (χ0v) is 10.4. The maximum Gasteiger partial charge on any atom is 0.0876 e. The van der Waals surface area contributed by atoms with E-state index in [1.165, 1.54) is 0 Å². The van der Waals surface area contributed by atoms with Crippen molar-refractivity contribution in [3.05, 3.63) is 0 Å². The second kappa shape index (κ2) is 6.81. The van der Waals surface area contributed by atoms with Crippen molar-refractivity contribution >= 4 is 0 Å². The fraction of sp³-hybridized carbons (Fsp3) is 0.909. The molecule has 1 aliphatic heterocycles. The van der Waals surface area contributed by atoms with Crippen LogP contribution in [0.15, 0.2) is 0 Å². The summed E-state index contributed by atoms with van der Waals surface area (Å²) in [5.74, 6) is 0. The van der Waals surface area contributed by atoms with Gasteiger partial charge in [-0.05, 0) is 13.1 Å². The highest BCUT2D eigenvalue weighted by Crippen LogP contribution is 2.10. The quantitative estimate of drug-likeness (QED) is 0.652. The van der Waals surface area contributed by atoms with E-state index in [1.54, 1.807) is 0 Å². The van der Waals surface area contributed by atoms with E-state index >= 15 is 0 Å². The normalized spacial score (nSPS) is 23.6. The van der Waals surface area contributed by atoms with Crippen molar-refractivity contribution in [1.82, 2.24) is 14.7 Å². The number of nitrogens with zero attached hydrogens (tertiary/aromatic N) is 4. The van der Waals surface area contributed by atoms with Gasteiger partial charge in [0.05, 0.1) is 19.3 Å². The van der Waals surface area contributed by atoms with Gasteiger partial charge < -0.3 is 5.73 Å². The Morgan fingerprint density at radius 3 is 2.44 bits per heavy atom. The molecule has 1 fully saturated rings. The monoisotopic (exact) mass is 225 g/mol. The molecule has 5 nitrogen and oxygen atoms in total. The Hall–Kier alpha value is -0.670. The first-order chi connectivity index (χ1) is 7.74. The molecule has 0 aromatic carbocycles. The van der Waals surface area contributed by atoms with E-state index in [9.17, 15) is 0 Å². The molecule has 0 saturated carbocycles. The number of nitriles is 1. The minimum atomic E-state index is 0.494. The lowest BCUT2D eigenvalue weighted by Gasteiger charge is -2.42. The van der Waals surface area contributed by atoms with Crippen molar-refractivity contribution in [2.75, 3.05) is 46.1 Å². The first kappa shape index (κ1) is 13.4. The Labute approximate surface area is 98.4 Å². The second-order valence-electron chi connectivity index (χ2n) is 4.22. The molecule has 0 aliphatic carbocycles. The number of rotatable bonds is 5. The van der Waals surface area contributed by atoms with Crippen LogP contribution >= 0.6 is 0 Å². The van der Waals surface area contributed by atoms with Gasteiger partial charge >= 0.3 is 0 Å². The lowest BCUT2D eigenvalue weighted by atomic mass is 10.1. The first-order valence-electron chi connectivity index (χ1n) is 6.00. The van der Waals surface area contributed by atoms with Crippen LogP contribution in [-0.2, 0) is 0 Å². The Morgan fingerprint density at radius 2 is 1.94 bits per heavy atom. The van der Waals surface area contributed by atoms with Crippen LogP contribution in [0.3, 0.4) is 0 Å². The SMILES string of the molecule is CCN(CC)C1CN(CN)CN(CC#N)C1. The molecule has 1 rings (SSSR count). The van der Waals surface area contributed by atoms with Crippen LogP contribution in [0.2, 0.25) is 0 Å². The molecule has 1 heterocycles. The van der Waals surface area contributed by atoms with Gasteiger partial charge in [-0.15, -0.1) is 0 Å². The van der Waals surface area contributed by atoms with Gasteiger partial charge in [-0.2, -0.15) is 5.26 Å². The molecule has 1 saturated heterocycles. The van der Waals surface area contributed by atoms with Crippen LogP contribution in [0, 0.1) is 11.3 Å². The van der Waals surface area contributed by atoms with Crippen LogP contribution in [0.25, 0.3) is 0 Å². The van der Waals surface area contributed by atoms with E-state index in [4.69, 9.17) is 11.0 Å². The van der Waals surface area contributed by atoms with Gasteiger partial charge in [0.2, 0.25) is 0 Å². The minimum absolute atomic E-state index is 0.494. The van der Waals surface area contributed by atoms with Gasteiger partial charge in [0, 0.05) is 25.8 Å². The predicted octanol–water partition coefficient (Wildman–Crippen LogP) is -0.288. The van der Waals surface area contributed by atoms with Crippen LogP contribution in [-0.4, -0.2) is 66.8 Å². The average molecular weight is 225 g/mol. The molecule has 5 heteroatoms. The third-order valence-electron chi connectivity index (χ3n) is 3.22. The van der Waals surface area contributed by atoms with Crippen LogP contribution in [0.4, 0.5) is 0 Å². The number of hydrogen-bond donors (Lipinski definition) is 1. The number of hydrogen-bond acceptors (Lipinski definition) is 5. The maximum absolute atomic E-state index is 8.76. The van der Waals surface area contributed by atoms with E-state index in [0.717, 1.165) is 32.8 Å². The smallest absolute Gasteiger partial charge is 0.0876 e. The summed E-state index contributed by atoms with van der Waals surface area (Å²) in [5.41, 5.74) is 5.70. The van der Waals surface area contributed by atoms with Crippen molar-refractivity contribution < 1.29 is 0 Å². The minimum Gasteiger partial charge on any atom is -0.318 e. The van der Waals surface area contributed by atoms with E-state index in [2.05, 4.69) is 34.6 Å². The number of nitrogens with two attached hydrogens (primary N) is 1. The molecular weight excluding hydrogens is 202 g/mol. The largest absolute Gasteiger partial charge is 0.318 e. The fourth-order valence-electron chi connectivity index (χ4n) is 2.37. The van der Waals surface area contributed by atoms with E-state index in [0.29, 0.717) is 19.3 Å². The maximum atomic E-state index is 8.76. The summed E-state index contributed by atoms with van der Waals surface area (Å²) in [6.07, 6.45) is 0. The summed E-state index contributed by atoms with van der Waals surface area (Å²) in [6, 6.07) is 2.72. The molecule has 0 spiro atoms. The summed E-state index contributed by atoms with van der Waals surface area (Å²) in [5, 5.41) is 8.76. The molecule has 92 valence electrons. The molecule has 0 bridgehead atoms. The van der Waals surface area contributed by atoms with Gasteiger partial charge in [0.1, 0.15) is 0 Å². The van der Waals surface area contributed by atoms with Crippen molar-refractivity contribution in [2.45, 2.75) is 19.9 Å². The molecule has 1 unspecified atom stereocenters. The Kier molecular flexibility index (Phi) is 5.71. The van der Waals surface area contributed by atoms with Gasteiger partial charge in [0.15, 0.2) is 0 Å². The number of likely N-dealkylation sites (N-methyl/N-ethyl adjacent to an activating group) is 1. The topological polar surface area (TPSA) is 59.5 Å². The van der Waals surface area contributed by atoms with Crippen molar-refractivity contribution in [3.63, 3.8) is 0 Å². The summed E-state index contributed by atoms with van der Waals surface area (Å²) >= 11 is 0. The molecule has 16 heavy (non-hydrogen) atoms. The van der Waals surface area contributed by atoms with Crippen molar-refractivity contribution in [3.8, 4) is 6.07 Å². The standard InChI is InChI=1S/C11H23N5/c1-3-16(4-2)11-7-14(6-5-12)10-15(8-11)9-13/h11H,3-4,6-10,13H2,1-2H3. The summed E-state index contributed by atoms with van der Waals surface area (Å²) in [7, 11) is 0. The third-order valence-corrected chi connectivity index (χ3v) is 3.22. The molecule has 0 radical (unpaired) electrons. The van der Waals surface area contributed by atoms with E-state index in [1.807, 2.05) is 0 Å². The van der Waals surface area contributed by atoms with Gasteiger partial charge in [0.25, 0.3) is 0 Å². The highest BCUT2D eigenvalue weighted by Gasteiger charge is 2.27. The summed E-state index contributed by atoms with van der Waals surface area (Å²) < 4.78 is 0. The van der Waals surface area contributed by atoms with E-state index < -0.39 is 0 Å². The van der Waals surface area contributed by atoms with E-state index in [-0.39, 0.29) is 0 Å². The molecule has 0 aromatic heterocycles. The lowest BCUT2D eigenvalue weighted by molar-refractivity contribution is 0.0264. The average Bonchev–Trinajstić information content (AvgIpc) is 2.31. The highest BCUT2D eigenvalue weighted by molar-refractivity contribution is 4.86. The zero-order valence-electron chi connectivity index (χ0n) is 10.4. The third kappa shape index (κ3) is 3.42. The Bertz CT molecular complexity index is 233. The van der Waals surface area contributed by atoms with Crippen molar-refractivity contribution in [1.29, 1.82) is 5.26 Å². The molecular formula is C11H23N5. The van der Waals surface area contributed by atoms with Gasteiger partial charge in [-0.25, -0.2) is 0 Å². The predicted molar refractivity (Wildman–Crippen MR) is 64.5 cm³/mol. The molecule has 1 aliphatic rings. The Balaban J connectivity index is 2.60. The summed E-state index contributed by atoms with van der Waals surface area (Å²) in [6.45, 7) is 10.3. The van der Waals surface area contributed by atoms with Crippen LogP contribution < -0.4 is 5.73 Å². The molecule has 0 aromatic rings. The van der Waals surface area contributed by atoms with Crippen LogP contribution in [0.1, 0.15) is 13.8 Å². The van der Waals surface area contributed by atoms with Crippen molar-refractivity contribution in [2.24, 2.45) is 5.73 Å². The van der Waals surface area contributed by atoms with Gasteiger partial charge in [-0.3, -0.25) is 14.7 Å². The Morgan fingerprint density at radius 1 is 1.31 bits per heavy atom. The molecule has 0 amide bonds. The fourth-order valence-corrected chi connectivity index (χ4v) is 2.37. The first-order valence-corrected chi connectivity index (χ1v) is 6.00.